The second-order valence-corrected chi connectivity index (χ2v) is 6.68. The van der Waals surface area contributed by atoms with Gasteiger partial charge in [-0.3, -0.25) is 0 Å². The molecular weight excluding hydrogens is 379 g/mol. The molecule has 0 atom stereocenters. The molecule has 0 aliphatic carbocycles. The zero-order chi connectivity index (χ0) is 20.6. The number of ether oxygens (including phenoxy) is 1. The van der Waals surface area contributed by atoms with Crippen LogP contribution in [0.25, 0.3) is 22.3 Å². The molecule has 2 aromatic carbocycles. The molecule has 4 aromatic rings. The average molecular weight is 397 g/mol. The Morgan fingerprint density at radius 1 is 1.00 bits per heavy atom. The van der Waals surface area contributed by atoms with Gasteiger partial charge >= 0.3 is 6.18 Å². The molecule has 0 bridgehead atoms. The van der Waals surface area contributed by atoms with Crippen LogP contribution >= 0.6 is 0 Å². The molecule has 2 aromatic heterocycles. The van der Waals surface area contributed by atoms with E-state index in [1.54, 1.807) is 31.2 Å². The predicted molar refractivity (Wildman–Crippen MR) is 105 cm³/mol. The normalized spacial score (nSPS) is 11.8. The number of fused-ring (bicyclic) bond motifs is 1. The van der Waals surface area contributed by atoms with Crippen molar-refractivity contribution in [3.63, 3.8) is 0 Å². The summed E-state index contributed by atoms with van der Waals surface area (Å²) in [7, 11) is 1.48. The van der Waals surface area contributed by atoms with Gasteiger partial charge in [0.25, 0.3) is 0 Å². The van der Waals surface area contributed by atoms with Crippen LogP contribution in [0.1, 0.15) is 16.8 Å². The monoisotopic (exact) mass is 397 g/mol. The van der Waals surface area contributed by atoms with Gasteiger partial charge in [0.1, 0.15) is 5.75 Å². The summed E-state index contributed by atoms with van der Waals surface area (Å²) in [6.45, 7) is 1.90. The number of aromatic nitrogens is 3. The Morgan fingerprint density at radius 3 is 2.38 bits per heavy atom. The first kappa shape index (κ1) is 19.0. The van der Waals surface area contributed by atoms with Crippen LogP contribution in [-0.2, 0) is 12.7 Å². The van der Waals surface area contributed by atoms with Gasteiger partial charge in [0.2, 0.25) is 0 Å². The standard InChI is InChI=1S/C22H18F3N3O/c1-14-20-17(22(23,24)25)12-18(16-10-6-7-11-19(16)29-2)26-21(20)28(27-14)13-15-8-4-3-5-9-15/h3-12H,13H2,1-2H3. The Bertz CT molecular complexity index is 1170. The number of alkyl halides is 3. The Morgan fingerprint density at radius 2 is 1.69 bits per heavy atom. The molecule has 0 radical (unpaired) electrons. The van der Waals surface area contributed by atoms with E-state index < -0.39 is 11.7 Å². The van der Waals surface area contributed by atoms with Crippen LogP contribution in [0.3, 0.4) is 0 Å². The number of pyridine rings is 1. The van der Waals surface area contributed by atoms with Crippen molar-refractivity contribution in [2.24, 2.45) is 0 Å². The molecule has 0 aliphatic heterocycles. The lowest BCUT2D eigenvalue weighted by Gasteiger charge is -2.13. The predicted octanol–water partition coefficient (Wildman–Crippen LogP) is 5.48. The van der Waals surface area contributed by atoms with Crippen LogP contribution in [0, 0.1) is 6.92 Å². The maximum atomic E-state index is 13.9. The Hall–Kier alpha value is -3.35. The zero-order valence-corrected chi connectivity index (χ0v) is 15.9. The number of hydrogen-bond donors (Lipinski definition) is 0. The second-order valence-electron chi connectivity index (χ2n) is 6.68. The fourth-order valence-corrected chi connectivity index (χ4v) is 3.44. The first-order chi connectivity index (χ1) is 13.9. The van der Waals surface area contributed by atoms with Crippen molar-refractivity contribution >= 4 is 11.0 Å². The van der Waals surface area contributed by atoms with Gasteiger partial charge in [-0.25, -0.2) is 9.67 Å². The van der Waals surface area contributed by atoms with Crippen molar-refractivity contribution in [1.82, 2.24) is 14.8 Å². The highest BCUT2D eigenvalue weighted by atomic mass is 19.4. The maximum absolute atomic E-state index is 13.9. The van der Waals surface area contributed by atoms with Gasteiger partial charge in [0, 0.05) is 5.56 Å². The minimum Gasteiger partial charge on any atom is -0.496 e. The summed E-state index contributed by atoms with van der Waals surface area (Å²) < 4.78 is 48.6. The lowest BCUT2D eigenvalue weighted by atomic mass is 10.0. The van der Waals surface area contributed by atoms with E-state index in [2.05, 4.69) is 10.1 Å². The Balaban J connectivity index is 1.98. The molecule has 29 heavy (non-hydrogen) atoms. The lowest BCUT2D eigenvalue weighted by Crippen LogP contribution is -2.08. The van der Waals surface area contributed by atoms with Gasteiger partial charge in [-0.05, 0) is 30.7 Å². The molecule has 0 spiro atoms. The summed E-state index contributed by atoms with van der Waals surface area (Å²) in [6, 6.07) is 17.4. The number of rotatable bonds is 4. The summed E-state index contributed by atoms with van der Waals surface area (Å²) in [4.78, 5) is 4.57. The molecule has 0 N–H and O–H groups in total. The molecule has 2 heterocycles. The molecule has 0 fully saturated rings. The van der Waals surface area contributed by atoms with Crippen molar-refractivity contribution in [3.8, 4) is 17.0 Å². The molecule has 4 rings (SSSR count). The van der Waals surface area contributed by atoms with E-state index in [0.29, 0.717) is 23.6 Å². The highest BCUT2D eigenvalue weighted by molar-refractivity contribution is 5.86. The smallest absolute Gasteiger partial charge is 0.417 e. The highest BCUT2D eigenvalue weighted by Gasteiger charge is 2.36. The Labute approximate surface area is 165 Å². The third-order valence-corrected chi connectivity index (χ3v) is 4.74. The largest absolute Gasteiger partial charge is 0.496 e. The molecule has 7 heteroatoms. The van der Waals surface area contributed by atoms with Gasteiger partial charge in [-0.1, -0.05) is 42.5 Å². The van der Waals surface area contributed by atoms with E-state index in [1.807, 2.05) is 30.3 Å². The number of para-hydroxylation sites is 1. The molecule has 0 saturated heterocycles. The molecule has 0 saturated carbocycles. The number of hydrogen-bond acceptors (Lipinski definition) is 3. The molecule has 148 valence electrons. The van der Waals surface area contributed by atoms with E-state index in [4.69, 9.17) is 4.74 Å². The number of nitrogens with zero attached hydrogens (tertiary/aromatic N) is 3. The van der Waals surface area contributed by atoms with Crippen LogP contribution in [0.2, 0.25) is 0 Å². The first-order valence-corrected chi connectivity index (χ1v) is 9.01. The van der Waals surface area contributed by atoms with E-state index >= 15 is 0 Å². The van der Waals surface area contributed by atoms with E-state index in [0.717, 1.165) is 11.6 Å². The summed E-state index contributed by atoms with van der Waals surface area (Å²) in [5, 5.41) is 4.38. The third kappa shape index (κ3) is 3.55. The molecule has 0 aliphatic rings. The first-order valence-electron chi connectivity index (χ1n) is 9.01. The number of methoxy groups -OCH3 is 1. The minimum absolute atomic E-state index is 0.0204. The van der Waals surface area contributed by atoms with Gasteiger partial charge in [-0.2, -0.15) is 18.3 Å². The quantitative estimate of drug-likeness (QED) is 0.458. The van der Waals surface area contributed by atoms with Crippen molar-refractivity contribution in [2.45, 2.75) is 19.6 Å². The van der Waals surface area contributed by atoms with Crippen LogP contribution in [0.5, 0.6) is 5.75 Å². The summed E-state index contributed by atoms with van der Waals surface area (Å²) in [5.41, 5.74) is 1.35. The van der Waals surface area contributed by atoms with Crippen LogP contribution in [0.4, 0.5) is 13.2 Å². The summed E-state index contributed by atoms with van der Waals surface area (Å²) >= 11 is 0. The van der Waals surface area contributed by atoms with Crippen molar-refractivity contribution in [1.29, 1.82) is 0 Å². The molecule has 0 amide bonds. The molecular formula is C22H18F3N3O. The minimum atomic E-state index is -4.54. The van der Waals surface area contributed by atoms with Crippen molar-refractivity contribution in [2.75, 3.05) is 7.11 Å². The number of benzene rings is 2. The van der Waals surface area contributed by atoms with E-state index in [1.165, 1.54) is 11.8 Å². The lowest BCUT2D eigenvalue weighted by molar-refractivity contribution is -0.136. The van der Waals surface area contributed by atoms with Crippen molar-refractivity contribution < 1.29 is 17.9 Å². The van der Waals surface area contributed by atoms with Gasteiger partial charge in [-0.15, -0.1) is 0 Å². The Kier molecular flexibility index (Phi) is 4.74. The average Bonchev–Trinajstić information content (AvgIpc) is 3.02. The maximum Gasteiger partial charge on any atom is 0.417 e. The summed E-state index contributed by atoms with van der Waals surface area (Å²) in [6.07, 6.45) is -4.54. The van der Waals surface area contributed by atoms with Crippen LogP contribution in [-0.4, -0.2) is 21.9 Å². The van der Waals surface area contributed by atoms with Gasteiger partial charge in [0.15, 0.2) is 5.65 Å². The van der Waals surface area contributed by atoms with E-state index in [-0.39, 0.29) is 16.7 Å². The fraction of sp³-hybridized carbons (Fsp3) is 0.182. The second kappa shape index (κ2) is 7.24. The summed E-state index contributed by atoms with van der Waals surface area (Å²) in [5.74, 6) is 0.457. The van der Waals surface area contributed by atoms with Gasteiger partial charge < -0.3 is 4.74 Å². The van der Waals surface area contributed by atoms with E-state index in [9.17, 15) is 13.2 Å². The topological polar surface area (TPSA) is 39.9 Å². The van der Waals surface area contributed by atoms with Crippen LogP contribution in [0.15, 0.2) is 60.7 Å². The SMILES string of the molecule is COc1ccccc1-c1cc(C(F)(F)F)c2c(C)nn(Cc3ccccc3)c2n1. The van der Waals surface area contributed by atoms with Crippen molar-refractivity contribution in [3.05, 3.63) is 77.5 Å². The van der Waals surface area contributed by atoms with Crippen LogP contribution < -0.4 is 4.74 Å². The molecule has 0 unspecified atom stereocenters. The van der Waals surface area contributed by atoms with Gasteiger partial charge in [0.05, 0.1) is 36.0 Å². The number of halogens is 3. The third-order valence-electron chi connectivity index (χ3n) is 4.74. The molecule has 4 nitrogen and oxygen atoms in total. The highest BCUT2D eigenvalue weighted by Crippen LogP contribution is 2.39. The zero-order valence-electron chi connectivity index (χ0n) is 15.9. The fourth-order valence-electron chi connectivity index (χ4n) is 3.44. The number of aryl methyl sites for hydroxylation is 1.